The minimum Gasteiger partial charge on any atom is -0.456 e. The molecule has 1 heterocycles. The van der Waals surface area contributed by atoms with Crippen molar-refractivity contribution in [2.45, 2.75) is 6.92 Å². The predicted molar refractivity (Wildman–Crippen MR) is 71.0 cm³/mol. The Balaban J connectivity index is 2.25. The topological polar surface area (TPSA) is 60.2 Å². The number of nitrogens with two attached hydrogens (primary N) is 1. The standard InChI is InChI=1S/C12H12BrN3O/c1-8-2-3-11(10(13)6-8)17-9-4-5-15-12(7-9)16-14/h2-7H,14H2,1H3,(H,15,16). The average molecular weight is 294 g/mol. The molecule has 0 saturated carbocycles. The van der Waals surface area contributed by atoms with E-state index in [1.165, 1.54) is 5.56 Å². The minimum absolute atomic E-state index is 0.561. The number of hydrogen-bond donors (Lipinski definition) is 2. The number of anilines is 1. The van der Waals surface area contributed by atoms with Crippen LogP contribution in [0.4, 0.5) is 5.82 Å². The third kappa shape index (κ3) is 2.95. The van der Waals surface area contributed by atoms with Crippen molar-refractivity contribution in [2.75, 3.05) is 5.43 Å². The summed E-state index contributed by atoms with van der Waals surface area (Å²) >= 11 is 3.46. The summed E-state index contributed by atoms with van der Waals surface area (Å²) in [5.41, 5.74) is 3.64. The lowest BCUT2D eigenvalue weighted by Gasteiger charge is -2.09. The maximum Gasteiger partial charge on any atom is 0.143 e. The molecule has 0 unspecified atom stereocenters. The van der Waals surface area contributed by atoms with E-state index >= 15 is 0 Å². The maximum absolute atomic E-state index is 5.72. The number of aryl methyl sites for hydroxylation is 1. The Morgan fingerprint density at radius 1 is 1.29 bits per heavy atom. The first-order valence-electron chi connectivity index (χ1n) is 5.06. The zero-order chi connectivity index (χ0) is 12.3. The normalized spacial score (nSPS) is 10.1. The highest BCUT2D eigenvalue weighted by Crippen LogP contribution is 2.30. The average Bonchev–Trinajstić information content (AvgIpc) is 2.33. The van der Waals surface area contributed by atoms with Crippen molar-refractivity contribution in [2.24, 2.45) is 5.84 Å². The summed E-state index contributed by atoms with van der Waals surface area (Å²) in [5, 5.41) is 0. The zero-order valence-corrected chi connectivity index (χ0v) is 10.9. The zero-order valence-electron chi connectivity index (χ0n) is 9.27. The summed E-state index contributed by atoms with van der Waals surface area (Å²) in [5.74, 6) is 7.28. The quantitative estimate of drug-likeness (QED) is 0.674. The second-order valence-corrected chi connectivity index (χ2v) is 4.41. The Morgan fingerprint density at radius 2 is 2.12 bits per heavy atom. The van der Waals surface area contributed by atoms with Crippen LogP contribution in [-0.2, 0) is 0 Å². The highest BCUT2D eigenvalue weighted by Gasteiger charge is 2.03. The summed E-state index contributed by atoms with van der Waals surface area (Å²) in [7, 11) is 0. The van der Waals surface area contributed by atoms with Crippen LogP contribution < -0.4 is 16.0 Å². The number of hydrogen-bond acceptors (Lipinski definition) is 4. The molecule has 17 heavy (non-hydrogen) atoms. The number of nitrogens with zero attached hydrogens (tertiary/aromatic N) is 1. The van der Waals surface area contributed by atoms with Crippen LogP contribution >= 0.6 is 15.9 Å². The van der Waals surface area contributed by atoms with Gasteiger partial charge in [-0.2, -0.15) is 0 Å². The van der Waals surface area contributed by atoms with Crippen LogP contribution in [-0.4, -0.2) is 4.98 Å². The Labute approximate surface area is 108 Å². The number of aromatic nitrogens is 1. The monoisotopic (exact) mass is 293 g/mol. The van der Waals surface area contributed by atoms with Gasteiger partial charge in [0.15, 0.2) is 0 Å². The first-order valence-corrected chi connectivity index (χ1v) is 5.85. The molecular weight excluding hydrogens is 282 g/mol. The van der Waals surface area contributed by atoms with Crippen molar-refractivity contribution in [3.05, 3.63) is 46.6 Å². The molecule has 0 atom stereocenters. The van der Waals surface area contributed by atoms with Gasteiger partial charge in [0.05, 0.1) is 4.47 Å². The van der Waals surface area contributed by atoms with Gasteiger partial charge in [0.25, 0.3) is 0 Å². The highest BCUT2D eigenvalue weighted by atomic mass is 79.9. The van der Waals surface area contributed by atoms with Gasteiger partial charge in [-0.15, -0.1) is 0 Å². The number of pyridine rings is 1. The van der Waals surface area contributed by atoms with Crippen molar-refractivity contribution < 1.29 is 4.74 Å². The van der Waals surface area contributed by atoms with Crippen LogP contribution in [0.25, 0.3) is 0 Å². The van der Waals surface area contributed by atoms with Gasteiger partial charge in [-0.3, -0.25) is 0 Å². The molecule has 0 aliphatic rings. The molecular formula is C12H12BrN3O. The lowest BCUT2D eigenvalue weighted by Crippen LogP contribution is -2.08. The van der Waals surface area contributed by atoms with E-state index < -0.39 is 0 Å². The Bertz CT molecular complexity index is 531. The molecule has 1 aromatic carbocycles. The molecule has 0 aliphatic carbocycles. The van der Waals surface area contributed by atoms with E-state index in [4.69, 9.17) is 10.6 Å². The second kappa shape index (κ2) is 5.16. The molecule has 0 aliphatic heterocycles. The summed E-state index contributed by atoms with van der Waals surface area (Å²) in [6, 6.07) is 9.40. The summed E-state index contributed by atoms with van der Waals surface area (Å²) < 4.78 is 6.64. The van der Waals surface area contributed by atoms with Crippen LogP contribution in [0.2, 0.25) is 0 Å². The van der Waals surface area contributed by atoms with E-state index in [2.05, 4.69) is 26.3 Å². The van der Waals surface area contributed by atoms with E-state index in [9.17, 15) is 0 Å². The van der Waals surface area contributed by atoms with Gasteiger partial charge in [0.2, 0.25) is 0 Å². The molecule has 0 spiro atoms. The van der Waals surface area contributed by atoms with Gasteiger partial charge in [0, 0.05) is 12.3 Å². The van der Waals surface area contributed by atoms with Crippen LogP contribution in [0, 0.1) is 6.92 Å². The Kier molecular flexibility index (Phi) is 3.61. The fourth-order valence-electron chi connectivity index (χ4n) is 1.37. The van der Waals surface area contributed by atoms with Gasteiger partial charge < -0.3 is 10.2 Å². The van der Waals surface area contributed by atoms with Gasteiger partial charge >= 0.3 is 0 Å². The molecule has 3 N–H and O–H groups in total. The molecule has 2 rings (SSSR count). The molecule has 4 nitrogen and oxygen atoms in total. The van der Waals surface area contributed by atoms with Gasteiger partial charge in [-0.25, -0.2) is 10.8 Å². The Morgan fingerprint density at radius 3 is 2.82 bits per heavy atom. The smallest absolute Gasteiger partial charge is 0.143 e. The highest BCUT2D eigenvalue weighted by molar-refractivity contribution is 9.10. The van der Waals surface area contributed by atoms with Gasteiger partial charge in [-0.05, 0) is 46.6 Å². The first kappa shape index (κ1) is 11.9. The van der Waals surface area contributed by atoms with Crippen LogP contribution in [0.15, 0.2) is 41.0 Å². The predicted octanol–water partition coefficient (Wildman–Crippen LogP) is 3.23. The molecule has 1 aromatic heterocycles. The third-order valence-electron chi connectivity index (χ3n) is 2.19. The third-order valence-corrected chi connectivity index (χ3v) is 2.81. The molecule has 0 radical (unpaired) electrons. The summed E-state index contributed by atoms with van der Waals surface area (Å²) in [4.78, 5) is 4.01. The van der Waals surface area contributed by atoms with E-state index in [0.717, 1.165) is 10.2 Å². The molecule has 0 saturated heterocycles. The first-order chi connectivity index (χ1) is 8.19. The molecule has 88 valence electrons. The number of rotatable bonds is 3. The number of hydrazine groups is 1. The van der Waals surface area contributed by atoms with Crippen molar-refractivity contribution in [1.82, 2.24) is 4.98 Å². The fraction of sp³-hybridized carbons (Fsp3) is 0.0833. The van der Waals surface area contributed by atoms with Crippen LogP contribution in [0.5, 0.6) is 11.5 Å². The molecule has 0 amide bonds. The SMILES string of the molecule is Cc1ccc(Oc2ccnc(NN)c2)c(Br)c1. The molecule has 5 heteroatoms. The van der Waals surface area contributed by atoms with E-state index in [1.54, 1.807) is 18.3 Å². The number of nitrogen functional groups attached to an aromatic ring is 1. The Hall–Kier alpha value is -1.59. The number of benzene rings is 1. The molecule has 0 fully saturated rings. The largest absolute Gasteiger partial charge is 0.456 e. The second-order valence-electron chi connectivity index (χ2n) is 3.56. The van der Waals surface area contributed by atoms with Gasteiger partial charge in [-0.1, -0.05) is 6.07 Å². The van der Waals surface area contributed by atoms with Crippen LogP contribution in [0.3, 0.4) is 0 Å². The molecule has 0 bridgehead atoms. The lowest BCUT2D eigenvalue weighted by atomic mass is 10.2. The molecule has 2 aromatic rings. The van der Waals surface area contributed by atoms with Crippen molar-refractivity contribution in [3.63, 3.8) is 0 Å². The van der Waals surface area contributed by atoms with Crippen molar-refractivity contribution in [1.29, 1.82) is 0 Å². The maximum atomic E-state index is 5.72. The number of nitrogens with one attached hydrogen (secondary N) is 1. The van der Waals surface area contributed by atoms with E-state index in [1.807, 2.05) is 25.1 Å². The van der Waals surface area contributed by atoms with E-state index in [0.29, 0.717) is 11.6 Å². The fourth-order valence-corrected chi connectivity index (χ4v) is 1.94. The summed E-state index contributed by atoms with van der Waals surface area (Å²) in [6.45, 7) is 2.03. The van der Waals surface area contributed by atoms with Crippen molar-refractivity contribution >= 4 is 21.7 Å². The van der Waals surface area contributed by atoms with Gasteiger partial charge in [0.1, 0.15) is 17.3 Å². The van der Waals surface area contributed by atoms with Crippen LogP contribution in [0.1, 0.15) is 5.56 Å². The van der Waals surface area contributed by atoms with E-state index in [-0.39, 0.29) is 0 Å². The number of halogens is 1. The minimum atomic E-state index is 0.561. The number of ether oxygens (including phenoxy) is 1. The summed E-state index contributed by atoms with van der Waals surface area (Å²) in [6.07, 6.45) is 1.63. The lowest BCUT2D eigenvalue weighted by molar-refractivity contribution is 0.479. The van der Waals surface area contributed by atoms with Crippen molar-refractivity contribution in [3.8, 4) is 11.5 Å².